The first-order valence-electron chi connectivity index (χ1n) is 11.6. The highest BCUT2D eigenvalue weighted by atomic mass is 16.7. The van der Waals surface area contributed by atoms with E-state index < -0.39 is 11.8 Å². The third kappa shape index (κ3) is 5.37. The normalized spacial score (nSPS) is 12.2. The number of carbonyl (C=O) groups is 2. The topological polar surface area (TPSA) is 124 Å². The molecule has 0 unspecified atom stereocenters. The minimum atomic E-state index is -0.671. The van der Waals surface area contributed by atoms with Gasteiger partial charge in [0.15, 0.2) is 23.8 Å². The van der Waals surface area contributed by atoms with Gasteiger partial charge in [0.05, 0.1) is 12.1 Å². The summed E-state index contributed by atoms with van der Waals surface area (Å²) in [6.07, 6.45) is 0. The van der Waals surface area contributed by atoms with Crippen LogP contribution in [0.3, 0.4) is 0 Å². The van der Waals surface area contributed by atoms with Crippen molar-refractivity contribution in [2.75, 3.05) is 19.9 Å². The van der Waals surface area contributed by atoms with Crippen LogP contribution in [0, 0.1) is 6.92 Å². The molecule has 1 aliphatic heterocycles. The predicted molar refractivity (Wildman–Crippen MR) is 134 cm³/mol. The number of aromatic nitrogens is 1. The highest BCUT2D eigenvalue weighted by molar-refractivity contribution is 5.95. The van der Waals surface area contributed by atoms with E-state index in [1.807, 2.05) is 55.5 Å². The van der Waals surface area contributed by atoms with Gasteiger partial charge in [0, 0.05) is 5.39 Å². The first kappa shape index (κ1) is 23.9. The minimum Gasteiger partial charge on any atom is -0.493 e. The zero-order valence-electron chi connectivity index (χ0n) is 20.0. The molecule has 10 heteroatoms. The highest BCUT2D eigenvalue weighted by Gasteiger charge is 2.19. The molecule has 4 aromatic rings. The Morgan fingerprint density at radius 3 is 2.68 bits per heavy atom. The standard InChI is InChI=1S/C27H24N4O6/c1-17-6-9-19(10-7-17)35-15-25(33)28-13-24(32)29-30-26-20-4-2-3-5-21(20)31(27(26)34)14-18-8-11-22-23(12-18)37-16-36-22/h2-12,34H,13-16H2,1H3,(H,28,33). The van der Waals surface area contributed by atoms with Crippen LogP contribution < -0.4 is 19.5 Å². The van der Waals surface area contributed by atoms with Crippen LogP contribution in [0.5, 0.6) is 23.1 Å². The predicted octanol–water partition coefficient (Wildman–Crippen LogP) is 4.24. The van der Waals surface area contributed by atoms with E-state index >= 15 is 0 Å². The van der Waals surface area contributed by atoms with Gasteiger partial charge in [0.25, 0.3) is 11.8 Å². The zero-order chi connectivity index (χ0) is 25.8. The van der Waals surface area contributed by atoms with E-state index in [2.05, 4.69) is 15.5 Å². The van der Waals surface area contributed by atoms with E-state index in [1.54, 1.807) is 22.8 Å². The number of hydrogen-bond acceptors (Lipinski definition) is 7. The molecule has 188 valence electrons. The van der Waals surface area contributed by atoms with Gasteiger partial charge >= 0.3 is 0 Å². The number of amides is 2. The van der Waals surface area contributed by atoms with Gasteiger partial charge < -0.3 is 29.2 Å². The van der Waals surface area contributed by atoms with Crippen LogP contribution in [0.1, 0.15) is 11.1 Å². The van der Waals surface area contributed by atoms with Gasteiger partial charge in [0.1, 0.15) is 12.3 Å². The quantitative estimate of drug-likeness (QED) is 0.349. The number of rotatable bonds is 8. The molecule has 0 fully saturated rings. The van der Waals surface area contributed by atoms with Crippen LogP contribution in [0.15, 0.2) is 77.0 Å². The Labute approximate surface area is 212 Å². The third-order valence-electron chi connectivity index (χ3n) is 5.78. The molecule has 37 heavy (non-hydrogen) atoms. The average molecular weight is 501 g/mol. The van der Waals surface area contributed by atoms with Crippen LogP contribution in [-0.2, 0) is 16.1 Å². The molecular formula is C27H24N4O6. The molecule has 5 rings (SSSR count). The van der Waals surface area contributed by atoms with Gasteiger partial charge in [-0.1, -0.05) is 42.0 Å². The lowest BCUT2D eigenvalue weighted by Crippen LogP contribution is -2.32. The molecule has 0 saturated carbocycles. The molecule has 0 saturated heterocycles. The van der Waals surface area contributed by atoms with Crippen molar-refractivity contribution in [3.63, 3.8) is 0 Å². The first-order chi connectivity index (χ1) is 18.0. The number of para-hydroxylation sites is 1. The molecule has 1 aliphatic rings. The van der Waals surface area contributed by atoms with Crippen molar-refractivity contribution < 1.29 is 28.9 Å². The monoisotopic (exact) mass is 500 g/mol. The summed E-state index contributed by atoms with van der Waals surface area (Å²) < 4.78 is 17.9. The van der Waals surface area contributed by atoms with Gasteiger partial charge in [0.2, 0.25) is 12.7 Å². The molecule has 2 N–H and O–H groups in total. The van der Waals surface area contributed by atoms with Crippen molar-refractivity contribution in [3.05, 3.63) is 77.9 Å². The summed E-state index contributed by atoms with van der Waals surface area (Å²) in [5, 5.41) is 21.7. The number of nitrogens with zero attached hydrogens (tertiary/aromatic N) is 3. The molecule has 0 aliphatic carbocycles. The van der Waals surface area contributed by atoms with E-state index in [1.165, 1.54) is 0 Å². The molecule has 1 aromatic heterocycles. The number of aromatic hydroxyl groups is 1. The SMILES string of the molecule is Cc1ccc(OCC(=O)NCC(=O)N=Nc2c(O)n(Cc3ccc4c(c3)OCO4)c3ccccc23)cc1. The van der Waals surface area contributed by atoms with E-state index in [4.69, 9.17) is 14.2 Å². The molecular weight excluding hydrogens is 476 g/mol. The van der Waals surface area contributed by atoms with E-state index in [-0.39, 0.29) is 31.5 Å². The van der Waals surface area contributed by atoms with Gasteiger partial charge in [-0.05, 0) is 42.8 Å². The number of hydrogen-bond donors (Lipinski definition) is 2. The zero-order valence-corrected chi connectivity index (χ0v) is 20.0. The summed E-state index contributed by atoms with van der Waals surface area (Å²) in [4.78, 5) is 24.3. The third-order valence-corrected chi connectivity index (χ3v) is 5.78. The minimum absolute atomic E-state index is 0.133. The van der Waals surface area contributed by atoms with Crippen molar-refractivity contribution >= 4 is 28.4 Å². The van der Waals surface area contributed by atoms with Crippen molar-refractivity contribution in [2.24, 2.45) is 10.2 Å². The molecule has 2 heterocycles. The van der Waals surface area contributed by atoms with Crippen molar-refractivity contribution in [2.45, 2.75) is 13.5 Å². The van der Waals surface area contributed by atoms with Gasteiger partial charge in [-0.3, -0.25) is 9.59 Å². The number of aryl methyl sites for hydroxylation is 1. The summed E-state index contributed by atoms with van der Waals surface area (Å²) in [5.41, 5.74) is 2.85. The van der Waals surface area contributed by atoms with Crippen molar-refractivity contribution in [3.8, 4) is 23.1 Å². The fraction of sp³-hybridized carbons (Fsp3) is 0.185. The Morgan fingerprint density at radius 2 is 1.84 bits per heavy atom. The second-order valence-corrected chi connectivity index (χ2v) is 8.44. The molecule has 3 aromatic carbocycles. The number of nitrogens with one attached hydrogen (secondary N) is 1. The smallest absolute Gasteiger partial charge is 0.283 e. The van der Waals surface area contributed by atoms with E-state index in [0.717, 1.165) is 16.6 Å². The van der Waals surface area contributed by atoms with Crippen LogP contribution in [-0.4, -0.2) is 41.4 Å². The Morgan fingerprint density at radius 1 is 1.05 bits per heavy atom. The first-order valence-corrected chi connectivity index (χ1v) is 11.6. The fourth-order valence-corrected chi connectivity index (χ4v) is 3.90. The Kier molecular flexibility index (Phi) is 6.71. The fourth-order valence-electron chi connectivity index (χ4n) is 3.90. The van der Waals surface area contributed by atoms with Crippen molar-refractivity contribution in [1.29, 1.82) is 0 Å². The van der Waals surface area contributed by atoms with Gasteiger partial charge in [-0.2, -0.15) is 0 Å². The van der Waals surface area contributed by atoms with Crippen LogP contribution in [0.4, 0.5) is 5.69 Å². The lowest BCUT2D eigenvalue weighted by atomic mass is 10.2. The number of fused-ring (bicyclic) bond motifs is 2. The van der Waals surface area contributed by atoms with E-state index in [9.17, 15) is 14.7 Å². The lowest BCUT2D eigenvalue weighted by molar-refractivity contribution is -0.126. The molecule has 0 spiro atoms. The maximum Gasteiger partial charge on any atom is 0.283 e. The largest absolute Gasteiger partial charge is 0.493 e. The Balaban J connectivity index is 1.24. The summed E-state index contributed by atoms with van der Waals surface area (Å²) in [6, 6.07) is 20.1. The maximum absolute atomic E-state index is 12.3. The van der Waals surface area contributed by atoms with Crippen molar-refractivity contribution in [1.82, 2.24) is 9.88 Å². The highest BCUT2D eigenvalue weighted by Crippen LogP contribution is 2.40. The second kappa shape index (κ2) is 10.4. The summed E-state index contributed by atoms with van der Waals surface area (Å²) >= 11 is 0. The Bertz CT molecular complexity index is 1490. The van der Waals surface area contributed by atoms with Crippen LogP contribution in [0.25, 0.3) is 10.9 Å². The van der Waals surface area contributed by atoms with E-state index in [0.29, 0.717) is 29.2 Å². The number of carbonyl (C=O) groups excluding carboxylic acids is 2. The lowest BCUT2D eigenvalue weighted by Gasteiger charge is -2.08. The van der Waals surface area contributed by atoms with Crippen LogP contribution in [0.2, 0.25) is 0 Å². The van der Waals surface area contributed by atoms with Crippen LogP contribution >= 0.6 is 0 Å². The molecule has 2 amide bonds. The Hall–Kier alpha value is -4.86. The molecule has 10 nitrogen and oxygen atoms in total. The average Bonchev–Trinajstić information content (AvgIpc) is 3.48. The molecule has 0 radical (unpaired) electrons. The second-order valence-electron chi connectivity index (χ2n) is 8.44. The number of ether oxygens (including phenoxy) is 3. The summed E-state index contributed by atoms with van der Waals surface area (Å²) in [5.74, 6) is 0.603. The summed E-state index contributed by atoms with van der Waals surface area (Å²) in [6.45, 7) is 1.88. The maximum atomic E-state index is 12.3. The summed E-state index contributed by atoms with van der Waals surface area (Å²) in [7, 11) is 0. The van der Waals surface area contributed by atoms with Gasteiger partial charge in [-0.15, -0.1) is 10.2 Å². The number of azo groups is 1. The molecule has 0 atom stereocenters. The van der Waals surface area contributed by atoms with Gasteiger partial charge in [-0.25, -0.2) is 0 Å². The number of benzene rings is 3. The molecule has 0 bridgehead atoms.